The molecular formula is C18H22N6O2. The normalized spacial score (nSPS) is 22.2. The Balaban J connectivity index is 1.36. The second-order valence-corrected chi connectivity index (χ2v) is 6.82. The molecule has 0 bridgehead atoms. The van der Waals surface area contributed by atoms with E-state index in [9.17, 15) is 4.79 Å². The minimum absolute atomic E-state index is 0.0366. The number of nitrogens with zero attached hydrogens (tertiary/aromatic N) is 5. The second-order valence-electron chi connectivity index (χ2n) is 6.82. The van der Waals surface area contributed by atoms with Crippen LogP contribution in [0.15, 0.2) is 37.1 Å². The van der Waals surface area contributed by atoms with Gasteiger partial charge in [0.05, 0.1) is 5.60 Å². The number of ether oxygens (including phenoxy) is 1. The van der Waals surface area contributed by atoms with E-state index in [2.05, 4.69) is 25.3 Å². The summed E-state index contributed by atoms with van der Waals surface area (Å²) < 4.78 is 6.16. The zero-order valence-corrected chi connectivity index (χ0v) is 14.5. The molecule has 2 saturated heterocycles. The van der Waals surface area contributed by atoms with Crippen molar-refractivity contribution in [1.82, 2.24) is 24.8 Å². The van der Waals surface area contributed by atoms with Crippen LogP contribution in [0.2, 0.25) is 0 Å². The van der Waals surface area contributed by atoms with E-state index in [4.69, 9.17) is 4.74 Å². The van der Waals surface area contributed by atoms with E-state index in [1.807, 2.05) is 4.90 Å². The number of amides is 1. The molecule has 2 aromatic heterocycles. The van der Waals surface area contributed by atoms with E-state index in [-0.39, 0.29) is 17.6 Å². The number of hydrogen-bond donors (Lipinski definition) is 1. The van der Waals surface area contributed by atoms with Crippen LogP contribution in [-0.2, 0) is 4.74 Å². The average molecular weight is 354 g/mol. The van der Waals surface area contributed by atoms with Gasteiger partial charge in [-0.15, -0.1) is 0 Å². The molecule has 26 heavy (non-hydrogen) atoms. The molecule has 2 aliphatic heterocycles. The summed E-state index contributed by atoms with van der Waals surface area (Å²) in [5.41, 5.74) is 0.272. The lowest BCUT2D eigenvalue weighted by Crippen LogP contribution is -2.52. The molecule has 4 rings (SSSR count). The Hall–Kier alpha value is -2.61. The van der Waals surface area contributed by atoms with E-state index in [0.717, 1.165) is 25.7 Å². The highest BCUT2D eigenvalue weighted by atomic mass is 16.5. The van der Waals surface area contributed by atoms with Crippen LogP contribution < -0.4 is 5.32 Å². The summed E-state index contributed by atoms with van der Waals surface area (Å²) in [5.74, 6) is 0.622. The lowest BCUT2D eigenvalue weighted by molar-refractivity contribution is -0.110. The summed E-state index contributed by atoms with van der Waals surface area (Å²) in [6.07, 6.45) is 9.98. The molecule has 4 heterocycles. The molecule has 1 unspecified atom stereocenters. The van der Waals surface area contributed by atoms with Gasteiger partial charge in [-0.3, -0.25) is 4.79 Å². The highest BCUT2D eigenvalue weighted by molar-refractivity contribution is 5.92. The van der Waals surface area contributed by atoms with Crippen LogP contribution in [0.25, 0.3) is 0 Å². The quantitative estimate of drug-likeness (QED) is 0.893. The zero-order valence-electron chi connectivity index (χ0n) is 14.5. The van der Waals surface area contributed by atoms with Crippen molar-refractivity contribution >= 4 is 11.9 Å². The van der Waals surface area contributed by atoms with Crippen molar-refractivity contribution in [2.75, 3.05) is 25.0 Å². The van der Waals surface area contributed by atoms with Gasteiger partial charge in [-0.25, -0.2) is 19.9 Å². The summed E-state index contributed by atoms with van der Waals surface area (Å²) >= 11 is 0. The number of likely N-dealkylation sites (tertiary alicyclic amines) is 1. The Morgan fingerprint density at radius 2 is 2.00 bits per heavy atom. The minimum atomic E-state index is -0.173. The van der Waals surface area contributed by atoms with Gasteiger partial charge in [-0.05, 0) is 37.8 Å². The topological polar surface area (TPSA) is 93.1 Å². The maximum atomic E-state index is 12.5. The fraction of sp³-hybridized carbons (Fsp3) is 0.500. The van der Waals surface area contributed by atoms with Crippen LogP contribution in [0.1, 0.15) is 36.2 Å². The van der Waals surface area contributed by atoms with Crippen molar-refractivity contribution in [3.8, 4) is 0 Å². The molecule has 8 nitrogen and oxygen atoms in total. The lowest BCUT2D eigenvalue weighted by Gasteiger charge is -2.46. The monoisotopic (exact) mass is 354 g/mol. The Morgan fingerprint density at radius 3 is 2.73 bits per heavy atom. The minimum Gasteiger partial charge on any atom is -0.375 e. The fourth-order valence-electron chi connectivity index (χ4n) is 3.75. The van der Waals surface area contributed by atoms with E-state index in [0.29, 0.717) is 31.3 Å². The molecule has 2 aliphatic rings. The number of hydrogen-bond acceptors (Lipinski definition) is 7. The first-order valence-corrected chi connectivity index (χ1v) is 8.97. The third kappa shape index (κ3) is 3.65. The van der Waals surface area contributed by atoms with E-state index >= 15 is 0 Å². The first kappa shape index (κ1) is 16.8. The van der Waals surface area contributed by atoms with Gasteiger partial charge in [-0.2, -0.15) is 0 Å². The molecule has 2 aromatic rings. The Morgan fingerprint density at radius 1 is 1.19 bits per heavy atom. The maximum absolute atomic E-state index is 12.5. The number of carbonyl (C=O) groups is 1. The maximum Gasteiger partial charge on any atom is 0.272 e. The molecule has 0 saturated carbocycles. The van der Waals surface area contributed by atoms with Gasteiger partial charge in [0.25, 0.3) is 5.91 Å². The van der Waals surface area contributed by atoms with Crippen LogP contribution in [0.3, 0.4) is 0 Å². The summed E-state index contributed by atoms with van der Waals surface area (Å²) in [7, 11) is 0. The van der Waals surface area contributed by atoms with Gasteiger partial charge in [-0.1, -0.05) is 0 Å². The highest BCUT2D eigenvalue weighted by Crippen LogP contribution is 2.36. The van der Waals surface area contributed by atoms with Gasteiger partial charge >= 0.3 is 0 Å². The first-order valence-electron chi connectivity index (χ1n) is 8.97. The summed E-state index contributed by atoms with van der Waals surface area (Å²) in [5, 5.41) is 3.41. The Kier molecular flexibility index (Phi) is 4.75. The molecule has 2 fully saturated rings. The number of carbonyl (C=O) groups excluding carboxylic acids is 1. The molecule has 1 spiro atoms. The smallest absolute Gasteiger partial charge is 0.272 e. The standard InChI is InChI=1S/C18H22N6O2/c25-16(15-2-8-19-13-22-15)24-9-4-18(5-10-24)12-14(3-11-26-18)23-17-20-6-1-7-21-17/h1-2,6-8,13-14H,3-5,9-12H2,(H,20,21,23). The molecular weight excluding hydrogens is 332 g/mol. The highest BCUT2D eigenvalue weighted by Gasteiger charge is 2.41. The molecule has 1 atom stereocenters. The number of rotatable bonds is 3. The van der Waals surface area contributed by atoms with E-state index < -0.39 is 0 Å². The van der Waals surface area contributed by atoms with Gasteiger partial charge in [0.15, 0.2) is 0 Å². The number of piperidine rings is 1. The Bertz CT molecular complexity index is 734. The molecule has 1 N–H and O–H groups in total. The Labute approximate surface area is 152 Å². The number of anilines is 1. The van der Waals surface area contributed by atoms with Crippen molar-refractivity contribution in [1.29, 1.82) is 0 Å². The zero-order chi connectivity index (χ0) is 17.8. The molecule has 1 amide bonds. The summed E-state index contributed by atoms with van der Waals surface area (Å²) in [4.78, 5) is 30.8. The van der Waals surface area contributed by atoms with Crippen molar-refractivity contribution in [2.45, 2.75) is 37.3 Å². The SMILES string of the molecule is O=C(c1ccncn1)N1CCC2(CC1)CC(Nc1ncccn1)CCO2. The van der Waals surface area contributed by atoms with Gasteiger partial charge < -0.3 is 15.0 Å². The number of nitrogens with one attached hydrogen (secondary N) is 1. The van der Waals surface area contributed by atoms with Crippen LogP contribution in [0.4, 0.5) is 5.95 Å². The number of aromatic nitrogens is 4. The molecule has 0 aliphatic carbocycles. The third-order valence-corrected chi connectivity index (χ3v) is 5.15. The van der Waals surface area contributed by atoms with Crippen molar-refractivity contribution in [3.63, 3.8) is 0 Å². The third-order valence-electron chi connectivity index (χ3n) is 5.15. The van der Waals surface area contributed by atoms with Crippen LogP contribution in [-0.4, -0.2) is 62.1 Å². The predicted octanol–water partition coefficient (Wildman–Crippen LogP) is 1.53. The largest absolute Gasteiger partial charge is 0.375 e. The summed E-state index contributed by atoms with van der Waals surface area (Å²) in [6.45, 7) is 2.07. The molecule has 136 valence electrons. The van der Waals surface area contributed by atoms with Gasteiger partial charge in [0.2, 0.25) is 5.95 Å². The first-order chi connectivity index (χ1) is 12.7. The molecule has 0 radical (unpaired) electrons. The van der Waals surface area contributed by atoms with E-state index in [1.54, 1.807) is 30.7 Å². The van der Waals surface area contributed by atoms with E-state index in [1.165, 1.54) is 6.33 Å². The molecule has 8 heteroatoms. The fourth-order valence-corrected chi connectivity index (χ4v) is 3.75. The van der Waals surface area contributed by atoms with Gasteiger partial charge in [0, 0.05) is 44.3 Å². The van der Waals surface area contributed by atoms with Crippen LogP contribution in [0.5, 0.6) is 0 Å². The van der Waals surface area contributed by atoms with Crippen LogP contribution in [0, 0.1) is 0 Å². The van der Waals surface area contributed by atoms with Crippen LogP contribution >= 0.6 is 0 Å². The second kappa shape index (κ2) is 7.33. The summed E-state index contributed by atoms with van der Waals surface area (Å²) in [6, 6.07) is 3.75. The lowest BCUT2D eigenvalue weighted by atomic mass is 9.82. The van der Waals surface area contributed by atoms with Crippen molar-refractivity contribution in [2.24, 2.45) is 0 Å². The van der Waals surface area contributed by atoms with Crippen molar-refractivity contribution < 1.29 is 9.53 Å². The predicted molar refractivity (Wildman–Crippen MR) is 94.5 cm³/mol. The average Bonchev–Trinajstić information content (AvgIpc) is 2.70. The molecule has 0 aromatic carbocycles. The van der Waals surface area contributed by atoms with Crippen molar-refractivity contribution in [3.05, 3.63) is 42.7 Å². The van der Waals surface area contributed by atoms with Gasteiger partial charge in [0.1, 0.15) is 12.0 Å².